The predicted molar refractivity (Wildman–Crippen MR) is 71.9 cm³/mol. The van der Waals surface area contributed by atoms with Gasteiger partial charge in [-0.3, -0.25) is 9.48 Å². The minimum Gasteiger partial charge on any atom is -0.478 e. The van der Waals surface area contributed by atoms with E-state index in [1.54, 1.807) is 23.1 Å². The van der Waals surface area contributed by atoms with Crippen molar-refractivity contribution >= 4 is 28.2 Å². The van der Waals surface area contributed by atoms with Gasteiger partial charge < -0.3 is 10.4 Å². The van der Waals surface area contributed by atoms with Gasteiger partial charge in [-0.1, -0.05) is 0 Å². The van der Waals surface area contributed by atoms with E-state index in [-0.39, 0.29) is 11.5 Å². The van der Waals surface area contributed by atoms with Gasteiger partial charge in [0.05, 0.1) is 11.3 Å². The minimum atomic E-state index is -1.06. The number of hydrogen-bond acceptors (Lipinski definition) is 4. The van der Waals surface area contributed by atoms with Gasteiger partial charge in [-0.25, -0.2) is 4.79 Å². The first-order valence-corrected chi connectivity index (χ1v) is 6.57. The first-order chi connectivity index (χ1) is 9.02. The van der Waals surface area contributed by atoms with E-state index < -0.39 is 5.97 Å². The Balaban J connectivity index is 2.25. The largest absolute Gasteiger partial charge is 0.478 e. The number of hydrogen-bond donors (Lipinski definition) is 2. The Morgan fingerprint density at radius 1 is 1.53 bits per heavy atom. The monoisotopic (exact) mass is 279 g/mol. The van der Waals surface area contributed by atoms with Crippen LogP contribution in [0, 0.1) is 6.92 Å². The molecule has 0 atom stereocenters. The third-order valence-corrected chi connectivity index (χ3v) is 3.39. The molecule has 0 spiro atoms. The fourth-order valence-electron chi connectivity index (χ4n) is 1.71. The molecule has 1 amide bonds. The Morgan fingerprint density at radius 2 is 2.26 bits per heavy atom. The molecule has 2 aromatic heterocycles. The van der Waals surface area contributed by atoms with Crippen molar-refractivity contribution in [2.24, 2.45) is 0 Å². The summed E-state index contributed by atoms with van der Waals surface area (Å²) in [7, 11) is 0. The van der Waals surface area contributed by atoms with Crippen LogP contribution < -0.4 is 5.32 Å². The summed E-state index contributed by atoms with van der Waals surface area (Å²) in [4.78, 5) is 23.1. The molecule has 0 unspecified atom stereocenters. The van der Waals surface area contributed by atoms with Crippen LogP contribution in [0.3, 0.4) is 0 Å². The van der Waals surface area contributed by atoms with Crippen LogP contribution in [0.1, 0.15) is 33.5 Å². The van der Waals surface area contributed by atoms with Crippen LogP contribution in [0.15, 0.2) is 17.5 Å². The molecule has 19 heavy (non-hydrogen) atoms. The van der Waals surface area contributed by atoms with E-state index in [2.05, 4.69) is 10.4 Å². The van der Waals surface area contributed by atoms with Crippen LogP contribution in [0.25, 0.3) is 0 Å². The minimum absolute atomic E-state index is 0.0950. The number of anilines is 1. The zero-order valence-electron chi connectivity index (χ0n) is 10.5. The van der Waals surface area contributed by atoms with E-state index in [0.29, 0.717) is 17.2 Å². The van der Waals surface area contributed by atoms with Gasteiger partial charge in [0, 0.05) is 6.54 Å². The molecule has 2 aromatic rings. The summed E-state index contributed by atoms with van der Waals surface area (Å²) in [6.07, 6.45) is 0. The van der Waals surface area contributed by atoms with Crippen LogP contribution in [-0.4, -0.2) is 26.8 Å². The molecule has 2 N–H and O–H groups in total. The Labute approximate surface area is 113 Å². The van der Waals surface area contributed by atoms with Gasteiger partial charge in [0.1, 0.15) is 10.7 Å². The van der Waals surface area contributed by atoms with Gasteiger partial charge in [0.2, 0.25) is 0 Å². The second-order valence-corrected chi connectivity index (χ2v) is 4.83. The van der Waals surface area contributed by atoms with Crippen LogP contribution in [0.5, 0.6) is 0 Å². The second-order valence-electron chi connectivity index (χ2n) is 3.91. The standard InChI is InChI=1S/C12H13N3O3S/c1-3-15-9(6-7(2)14-15)10(16)13-11-8(12(17)18)4-5-19-11/h4-6H,3H2,1-2H3,(H,13,16)(H,17,18). The number of carbonyl (C=O) groups excluding carboxylic acids is 1. The summed E-state index contributed by atoms with van der Waals surface area (Å²) < 4.78 is 1.58. The van der Waals surface area contributed by atoms with Gasteiger partial charge >= 0.3 is 5.97 Å². The molecule has 0 fully saturated rings. The summed E-state index contributed by atoms with van der Waals surface area (Å²) >= 11 is 1.18. The normalized spacial score (nSPS) is 10.4. The van der Waals surface area contributed by atoms with Gasteiger partial charge in [0.15, 0.2) is 0 Å². The average molecular weight is 279 g/mol. The Bertz CT molecular complexity index is 630. The van der Waals surface area contributed by atoms with Crippen molar-refractivity contribution in [3.05, 3.63) is 34.5 Å². The van der Waals surface area contributed by atoms with Crippen molar-refractivity contribution in [1.29, 1.82) is 0 Å². The number of carboxylic acid groups (broad SMARTS) is 1. The summed E-state index contributed by atoms with van der Waals surface area (Å²) in [6, 6.07) is 3.14. The average Bonchev–Trinajstić information content (AvgIpc) is 2.95. The van der Waals surface area contributed by atoms with E-state index in [0.717, 1.165) is 5.69 Å². The Hall–Kier alpha value is -2.15. The van der Waals surface area contributed by atoms with E-state index >= 15 is 0 Å². The first kappa shape index (κ1) is 13.3. The van der Waals surface area contributed by atoms with Crippen molar-refractivity contribution in [3.63, 3.8) is 0 Å². The van der Waals surface area contributed by atoms with E-state index in [4.69, 9.17) is 5.11 Å². The number of amides is 1. The molecule has 0 saturated heterocycles. The zero-order valence-corrected chi connectivity index (χ0v) is 11.3. The van der Waals surface area contributed by atoms with Gasteiger partial charge in [-0.15, -0.1) is 11.3 Å². The van der Waals surface area contributed by atoms with E-state index in [9.17, 15) is 9.59 Å². The van der Waals surface area contributed by atoms with Gasteiger partial charge in [-0.2, -0.15) is 5.10 Å². The van der Waals surface area contributed by atoms with Crippen molar-refractivity contribution in [2.75, 3.05) is 5.32 Å². The summed E-state index contributed by atoms with van der Waals surface area (Å²) in [5.41, 5.74) is 1.26. The number of rotatable bonds is 4. The summed E-state index contributed by atoms with van der Waals surface area (Å²) in [5.74, 6) is -1.41. The lowest BCUT2D eigenvalue weighted by Crippen LogP contribution is -2.17. The zero-order chi connectivity index (χ0) is 14.0. The first-order valence-electron chi connectivity index (χ1n) is 5.69. The number of nitrogens with one attached hydrogen (secondary N) is 1. The molecule has 0 bridgehead atoms. The molecule has 2 rings (SSSR count). The molecule has 0 aliphatic heterocycles. The van der Waals surface area contributed by atoms with Crippen molar-refractivity contribution in [3.8, 4) is 0 Å². The lowest BCUT2D eigenvalue weighted by molar-refractivity contribution is 0.0698. The Morgan fingerprint density at radius 3 is 2.89 bits per heavy atom. The highest BCUT2D eigenvalue weighted by Gasteiger charge is 2.17. The molecule has 2 heterocycles. The maximum atomic E-state index is 12.1. The van der Waals surface area contributed by atoms with Gasteiger partial charge in [0.25, 0.3) is 5.91 Å². The lowest BCUT2D eigenvalue weighted by Gasteiger charge is -2.05. The molecule has 7 heteroatoms. The highest BCUT2D eigenvalue weighted by molar-refractivity contribution is 7.14. The quantitative estimate of drug-likeness (QED) is 0.898. The van der Waals surface area contributed by atoms with Crippen molar-refractivity contribution in [2.45, 2.75) is 20.4 Å². The smallest absolute Gasteiger partial charge is 0.338 e. The predicted octanol–water partition coefficient (Wildman–Crippen LogP) is 2.22. The highest BCUT2D eigenvalue weighted by atomic mass is 32.1. The summed E-state index contributed by atoms with van der Waals surface area (Å²) in [5, 5.41) is 17.7. The maximum Gasteiger partial charge on any atom is 0.338 e. The Kier molecular flexibility index (Phi) is 3.66. The molecular weight excluding hydrogens is 266 g/mol. The molecular formula is C12H13N3O3S. The molecule has 0 aromatic carbocycles. The number of carboxylic acids is 1. The number of carbonyl (C=O) groups is 2. The fourth-order valence-corrected chi connectivity index (χ4v) is 2.49. The summed E-state index contributed by atoms with van der Waals surface area (Å²) in [6.45, 7) is 4.26. The molecule has 0 saturated carbocycles. The van der Waals surface area contributed by atoms with E-state index in [1.165, 1.54) is 17.4 Å². The number of aromatic carboxylic acids is 1. The topological polar surface area (TPSA) is 84.2 Å². The fraction of sp³-hybridized carbons (Fsp3) is 0.250. The maximum absolute atomic E-state index is 12.1. The third-order valence-electron chi connectivity index (χ3n) is 2.56. The highest BCUT2D eigenvalue weighted by Crippen LogP contribution is 2.23. The van der Waals surface area contributed by atoms with Gasteiger partial charge in [-0.05, 0) is 31.4 Å². The molecule has 0 aliphatic carbocycles. The number of thiophene rings is 1. The van der Waals surface area contributed by atoms with Crippen molar-refractivity contribution < 1.29 is 14.7 Å². The number of aromatic nitrogens is 2. The van der Waals surface area contributed by atoms with Crippen LogP contribution in [-0.2, 0) is 6.54 Å². The number of aryl methyl sites for hydroxylation is 2. The second kappa shape index (κ2) is 5.23. The molecule has 6 nitrogen and oxygen atoms in total. The lowest BCUT2D eigenvalue weighted by atomic mass is 10.3. The van der Waals surface area contributed by atoms with E-state index in [1.807, 2.05) is 6.92 Å². The molecule has 0 aliphatic rings. The third kappa shape index (κ3) is 2.65. The molecule has 0 radical (unpaired) electrons. The van der Waals surface area contributed by atoms with Crippen LogP contribution in [0.4, 0.5) is 5.00 Å². The van der Waals surface area contributed by atoms with Crippen molar-refractivity contribution in [1.82, 2.24) is 9.78 Å². The molecule has 100 valence electrons. The SMILES string of the molecule is CCn1nc(C)cc1C(=O)Nc1sccc1C(=O)O. The number of nitrogens with zero attached hydrogens (tertiary/aromatic N) is 2. The van der Waals surface area contributed by atoms with Crippen LogP contribution >= 0.6 is 11.3 Å². The van der Waals surface area contributed by atoms with Crippen LogP contribution in [0.2, 0.25) is 0 Å².